The number of rotatable bonds is 4. The van der Waals surface area contributed by atoms with E-state index >= 15 is 0 Å². The minimum atomic E-state index is -1.000. The SMILES string of the molecule is CC(C)(Oc1ccc2c(c1)CCC2)C(=O)Nc1ccc2c(c1)OCCO2. The lowest BCUT2D eigenvalue weighted by Crippen LogP contribution is -2.42. The van der Waals surface area contributed by atoms with E-state index in [1.807, 2.05) is 6.07 Å². The van der Waals surface area contributed by atoms with Gasteiger partial charge in [0.1, 0.15) is 19.0 Å². The second kappa shape index (κ2) is 6.56. The Balaban J connectivity index is 1.46. The average Bonchev–Trinajstić information content (AvgIpc) is 3.09. The van der Waals surface area contributed by atoms with Gasteiger partial charge < -0.3 is 19.5 Å². The van der Waals surface area contributed by atoms with Crippen LogP contribution >= 0.6 is 0 Å². The van der Waals surface area contributed by atoms with E-state index in [1.54, 1.807) is 32.0 Å². The molecule has 0 saturated carbocycles. The van der Waals surface area contributed by atoms with E-state index < -0.39 is 5.60 Å². The molecule has 1 amide bonds. The maximum absolute atomic E-state index is 12.7. The van der Waals surface area contributed by atoms with Crippen LogP contribution in [0.1, 0.15) is 31.4 Å². The van der Waals surface area contributed by atoms with Gasteiger partial charge >= 0.3 is 0 Å². The monoisotopic (exact) mass is 353 g/mol. The van der Waals surface area contributed by atoms with Crippen molar-refractivity contribution < 1.29 is 19.0 Å². The number of carbonyl (C=O) groups excluding carboxylic acids is 1. The van der Waals surface area contributed by atoms with E-state index in [2.05, 4.69) is 17.4 Å². The normalized spacial score (nSPS) is 15.3. The molecule has 0 spiro atoms. The van der Waals surface area contributed by atoms with Crippen molar-refractivity contribution in [2.24, 2.45) is 0 Å². The number of amides is 1. The van der Waals surface area contributed by atoms with Crippen molar-refractivity contribution in [2.75, 3.05) is 18.5 Å². The van der Waals surface area contributed by atoms with Crippen molar-refractivity contribution in [3.05, 3.63) is 47.5 Å². The van der Waals surface area contributed by atoms with E-state index in [9.17, 15) is 4.79 Å². The Bertz CT molecular complexity index is 844. The van der Waals surface area contributed by atoms with Gasteiger partial charge in [0.15, 0.2) is 17.1 Å². The summed E-state index contributed by atoms with van der Waals surface area (Å²) in [5, 5.41) is 2.91. The molecule has 1 heterocycles. The summed E-state index contributed by atoms with van der Waals surface area (Å²) >= 11 is 0. The first-order chi connectivity index (χ1) is 12.5. The summed E-state index contributed by atoms with van der Waals surface area (Å²) in [6.45, 7) is 4.60. The number of hydrogen-bond acceptors (Lipinski definition) is 4. The van der Waals surface area contributed by atoms with Crippen molar-refractivity contribution in [1.82, 2.24) is 0 Å². The fraction of sp³-hybridized carbons (Fsp3) is 0.381. The summed E-state index contributed by atoms with van der Waals surface area (Å²) in [6.07, 6.45) is 3.40. The Kier molecular flexibility index (Phi) is 4.23. The summed E-state index contributed by atoms with van der Waals surface area (Å²) in [5.41, 5.74) is 2.37. The maximum atomic E-state index is 12.7. The molecule has 1 aliphatic heterocycles. The Morgan fingerprint density at radius 3 is 2.62 bits per heavy atom. The van der Waals surface area contributed by atoms with Crippen LogP contribution < -0.4 is 19.5 Å². The van der Waals surface area contributed by atoms with E-state index in [1.165, 1.54) is 17.5 Å². The predicted molar refractivity (Wildman–Crippen MR) is 99.2 cm³/mol. The van der Waals surface area contributed by atoms with Crippen molar-refractivity contribution in [1.29, 1.82) is 0 Å². The zero-order chi connectivity index (χ0) is 18.1. The van der Waals surface area contributed by atoms with Gasteiger partial charge in [0.25, 0.3) is 5.91 Å². The quantitative estimate of drug-likeness (QED) is 0.910. The predicted octanol–water partition coefficient (Wildman–Crippen LogP) is 3.74. The number of benzene rings is 2. The van der Waals surface area contributed by atoms with Crippen LogP contribution in [0.2, 0.25) is 0 Å². The number of ether oxygens (including phenoxy) is 3. The Hall–Kier alpha value is -2.69. The number of carbonyl (C=O) groups is 1. The average molecular weight is 353 g/mol. The van der Waals surface area contributed by atoms with Crippen LogP contribution in [0.15, 0.2) is 36.4 Å². The topological polar surface area (TPSA) is 56.8 Å². The minimum absolute atomic E-state index is 0.213. The summed E-state index contributed by atoms with van der Waals surface area (Å²) < 4.78 is 17.1. The van der Waals surface area contributed by atoms with Crippen molar-refractivity contribution in [3.8, 4) is 17.2 Å². The molecule has 2 aliphatic rings. The molecule has 26 heavy (non-hydrogen) atoms. The van der Waals surface area contributed by atoms with Crippen LogP contribution in [0.4, 0.5) is 5.69 Å². The standard InChI is InChI=1S/C21H23NO4/c1-21(2,26-17-8-6-14-4-3-5-15(14)12-17)20(23)22-16-7-9-18-19(13-16)25-11-10-24-18/h6-9,12-13H,3-5,10-11H2,1-2H3,(H,22,23). The first-order valence-corrected chi connectivity index (χ1v) is 9.03. The number of fused-ring (bicyclic) bond motifs is 2. The summed E-state index contributed by atoms with van der Waals surface area (Å²) in [7, 11) is 0. The van der Waals surface area contributed by atoms with Gasteiger partial charge in [-0.3, -0.25) is 4.79 Å². The molecule has 0 fully saturated rings. The van der Waals surface area contributed by atoms with E-state index in [-0.39, 0.29) is 5.91 Å². The number of nitrogens with one attached hydrogen (secondary N) is 1. The molecule has 1 aliphatic carbocycles. The second-order valence-corrected chi connectivity index (χ2v) is 7.21. The molecular formula is C21H23NO4. The van der Waals surface area contributed by atoms with Gasteiger partial charge in [-0.1, -0.05) is 6.07 Å². The molecule has 0 atom stereocenters. The molecular weight excluding hydrogens is 330 g/mol. The van der Waals surface area contributed by atoms with Gasteiger partial charge in [-0.2, -0.15) is 0 Å². The van der Waals surface area contributed by atoms with Crippen LogP contribution in [0.3, 0.4) is 0 Å². The molecule has 1 N–H and O–H groups in total. The fourth-order valence-corrected chi connectivity index (χ4v) is 3.36. The molecule has 136 valence electrons. The first-order valence-electron chi connectivity index (χ1n) is 9.03. The van der Waals surface area contributed by atoms with Crippen molar-refractivity contribution in [3.63, 3.8) is 0 Å². The number of anilines is 1. The molecule has 4 rings (SSSR count). The smallest absolute Gasteiger partial charge is 0.267 e. The Labute approximate surface area is 153 Å². The van der Waals surface area contributed by atoms with Gasteiger partial charge in [0, 0.05) is 11.8 Å². The van der Waals surface area contributed by atoms with Gasteiger partial charge in [0.2, 0.25) is 0 Å². The summed E-state index contributed by atoms with van der Waals surface area (Å²) in [4.78, 5) is 12.7. The van der Waals surface area contributed by atoms with Crippen molar-refractivity contribution >= 4 is 11.6 Å². The number of hydrogen-bond donors (Lipinski definition) is 1. The lowest BCUT2D eigenvalue weighted by Gasteiger charge is -2.26. The first kappa shape index (κ1) is 16.8. The Morgan fingerprint density at radius 1 is 1.00 bits per heavy atom. The lowest BCUT2D eigenvalue weighted by molar-refractivity contribution is -0.128. The van der Waals surface area contributed by atoms with E-state index in [4.69, 9.17) is 14.2 Å². The molecule has 0 radical (unpaired) electrons. The van der Waals surface area contributed by atoms with E-state index in [0.717, 1.165) is 18.6 Å². The zero-order valence-electron chi connectivity index (χ0n) is 15.1. The molecule has 2 aromatic rings. The van der Waals surface area contributed by atoms with Gasteiger partial charge in [-0.15, -0.1) is 0 Å². The third kappa shape index (κ3) is 3.34. The summed E-state index contributed by atoms with van der Waals surface area (Å²) in [6, 6.07) is 11.5. The third-order valence-electron chi connectivity index (χ3n) is 4.79. The molecule has 0 aromatic heterocycles. The third-order valence-corrected chi connectivity index (χ3v) is 4.79. The van der Waals surface area contributed by atoms with Crippen molar-refractivity contribution in [2.45, 2.75) is 38.7 Å². The number of aryl methyl sites for hydroxylation is 2. The highest BCUT2D eigenvalue weighted by atomic mass is 16.6. The zero-order valence-corrected chi connectivity index (χ0v) is 15.1. The highest BCUT2D eigenvalue weighted by molar-refractivity contribution is 5.97. The molecule has 5 nitrogen and oxygen atoms in total. The highest BCUT2D eigenvalue weighted by Gasteiger charge is 2.30. The second-order valence-electron chi connectivity index (χ2n) is 7.21. The van der Waals surface area contributed by atoms with Gasteiger partial charge in [0.05, 0.1) is 0 Å². The van der Waals surface area contributed by atoms with Crippen LogP contribution in [-0.2, 0) is 17.6 Å². The molecule has 5 heteroatoms. The molecule has 2 aromatic carbocycles. The minimum Gasteiger partial charge on any atom is -0.486 e. The van der Waals surface area contributed by atoms with Gasteiger partial charge in [-0.05, 0) is 68.5 Å². The van der Waals surface area contributed by atoms with E-state index in [0.29, 0.717) is 30.4 Å². The fourth-order valence-electron chi connectivity index (χ4n) is 3.36. The largest absolute Gasteiger partial charge is 0.486 e. The maximum Gasteiger partial charge on any atom is 0.267 e. The van der Waals surface area contributed by atoms with Crippen LogP contribution in [0, 0.1) is 0 Å². The van der Waals surface area contributed by atoms with Crippen LogP contribution in [0.25, 0.3) is 0 Å². The van der Waals surface area contributed by atoms with Crippen LogP contribution in [0.5, 0.6) is 17.2 Å². The van der Waals surface area contributed by atoms with Gasteiger partial charge in [-0.25, -0.2) is 0 Å². The lowest BCUT2D eigenvalue weighted by atomic mass is 10.1. The molecule has 0 bridgehead atoms. The molecule has 0 saturated heterocycles. The summed E-state index contributed by atoms with van der Waals surface area (Å²) in [5.74, 6) is 1.86. The molecule has 0 unspecified atom stereocenters. The highest BCUT2D eigenvalue weighted by Crippen LogP contribution is 2.33. The van der Waals surface area contributed by atoms with Crippen LogP contribution in [-0.4, -0.2) is 24.7 Å². The Morgan fingerprint density at radius 2 is 1.77 bits per heavy atom.